The number of para-hydroxylation sites is 1. The van der Waals surface area contributed by atoms with Crippen molar-refractivity contribution in [2.45, 2.75) is 40.3 Å². The molecule has 0 saturated carbocycles. The van der Waals surface area contributed by atoms with E-state index in [0.29, 0.717) is 6.61 Å². The van der Waals surface area contributed by atoms with Gasteiger partial charge in [-0.1, -0.05) is 25.1 Å². The lowest BCUT2D eigenvalue weighted by atomic mass is 10.1. The number of hydrogen-bond donors (Lipinski definition) is 1. The largest absolute Gasteiger partial charge is 0.494 e. The first-order valence-electron chi connectivity index (χ1n) is 7.60. The fourth-order valence-electron chi connectivity index (χ4n) is 2.50. The number of likely N-dealkylation sites (N-methyl/N-ethyl adjacent to an activating group) is 1. The zero-order valence-corrected chi connectivity index (χ0v) is 13.4. The summed E-state index contributed by atoms with van der Waals surface area (Å²) < 4.78 is 7.97. The molecule has 2 aromatic rings. The number of nitrogens with zero attached hydrogens (tertiary/aromatic N) is 2. The van der Waals surface area contributed by atoms with E-state index in [1.165, 1.54) is 11.3 Å². The first kappa shape index (κ1) is 15.6. The Hall–Kier alpha value is -1.81. The van der Waals surface area contributed by atoms with E-state index in [0.717, 1.165) is 24.5 Å². The van der Waals surface area contributed by atoms with Crippen molar-refractivity contribution < 1.29 is 4.74 Å². The summed E-state index contributed by atoms with van der Waals surface area (Å²) in [6.45, 7) is 10.7. The molecule has 1 aromatic heterocycles. The molecular weight excluding hydrogens is 262 g/mol. The Bertz CT molecular complexity index is 577. The van der Waals surface area contributed by atoms with Crippen LogP contribution in [0, 0.1) is 13.8 Å². The minimum atomic E-state index is 0.213. The first-order valence-corrected chi connectivity index (χ1v) is 7.60. The van der Waals surface area contributed by atoms with Crippen molar-refractivity contribution in [3.63, 3.8) is 0 Å². The zero-order chi connectivity index (χ0) is 15.2. The fourth-order valence-corrected chi connectivity index (χ4v) is 2.50. The molecule has 1 aromatic carbocycles. The van der Waals surface area contributed by atoms with Gasteiger partial charge in [-0.05, 0) is 33.4 Å². The molecule has 0 radical (unpaired) electrons. The van der Waals surface area contributed by atoms with Gasteiger partial charge in [-0.15, -0.1) is 0 Å². The Morgan fingerprint density at radius 2 is 2.00 bits per heavy atom. The number of aromatic nitrogens is 2. The molecule has 114 valence electrons. The molecule has 1 heterocycles. The van der Waals surface area contributed by atoms with E-state index in [1.54, 1.807) is 0 Å². The maximum absolute atomic E-state index is 5.77. The highest BCUT2D eigenvalue weighted by Gasteiger charge is 2.17. The number of nitrogens with one attached hydrogen (secondary N) is 1. The minimum Gasteiger partial charge on any atom is -0.494 e. The molecule has 1 atom stereocenters. The molecule has 1 N–H and O–H groups in total. The van der Waals surface area contributed by atoms with Crippen LogP contribution in [0.2, 0.25) is 0 Å². The van der Waals surface area contributed by atoms with Crippen molar-refractivity contribution in [1.82, 2.24) is 14.9 Å². The topological polar surface area (TPSA) is 39.1 Å². The van der Waals surface area contributed by atoms with Gasteiger partial charge in [0.25, 0.3) is 0 Å². The van der Waals surface area contributed by atoms with Gasteiger partial charge in [-0.25, -0.2) is 4.98 Å². The summed E-state index contributed by atoms with van der Waals surface area (Å²) in [6.07, 6.45) is 1.91. The van der Waals surface area contributed by atoms with Crippen molar-refractivity contribution >= 4 is 0 Å². The van der Waals surface area contributed by atoms with E-state index in [-0.39, 0.29) is 6.04 Å². The summed E-state index contributed by atoms with van der Waals surface area (Å²) in [6, 6.07) is 8.47. The molecule has 0 spiro atoms. The standard InChI is InChI=1S/C17H25N3O/c1-5-18-16(11-20-12-19-13(3)14(20)4)15-9-7-8-10-17(15)21-6-2/h7-10,12,16,18H,5-6,11H2,1-4H3. The highest BCUT2D eigenvalue weighted by molar-refractivity contribution is 5.36. The maximum atomic E-state index is 5.77. The van der Waals surface area contributed by atoms with Crippen LogP contribution in [-0.2, 0) is 6.54 Å². The van der Waals surface area contributed by atoms with E-state index >= 15 is 0 Å². The Morgan fingerprint density at radius 3 is 2.62 bits per heavy atom. The van der Waals surface area contributed by atoms with Gasteiger partial charge in [0.2, 0.25) is 0 Å². The summed E-state index contributed by atoms with van der Waals surface area (Å²) in [5.41, 5.74) is 3.50. The number of hydrogen-bond acceptors (Lipinski definition) is 3. The molecule has 0 fully saturated rings. The molecule has 0 aliphatic carbocycles. The monoisotopic (exact) mass is 287 g/mol. The van der Waals surface area contributed by atoms with Gasteiger partial charge in [0.05, 0.1) is 24.7 Å². The van der Waals surface area contributed by atoms with Gasteiger partial charge in [0.15, 0.2) is 0 Å². The maximum Gasteiger partial charge on any atom is 0.124 e. The number of benzene rings is 1. The summed E-state index contributed by atoms with van der Waals surface area (Å²) >= 11 is 0. The molecule has 0 saturated heterocycles. The SMILES string of the molecule is CCNC(Cn1cnc(C)c1C)c1ccccc1OCC. The van der Waals surface area contributed by atoms with Crippen LogP contribution in [0.1, 0.15) is 36.8 Å². The lowest BCUT2D eigenvalue weighted by Crippen LogP contribution is -2.26. The fraction of sp³-hybridized carbons (Fsp3) is 0.471. The van der Waals surface area contributed by atoms with Gasteiger partial charge < -0.3 is 14.6 Å². The summed E-state index contributed by atoms with van der Waals surface area (Å²) in [7, 11) is 0. The van der Waals surface area contributed by atoms with Crippen LogP contribution in [0.5, 0.6) is 5.75 Å². The van der Waals surface area contributed by atoms with Gasteiger partial charge in [-0.2, -0.15) is 0 Å². The lowest BCUT2D eigenvalue weighted by molar-refractivity contribution is 0.328. The van der Waals surface area contributed by atoms with Crippen LogP contribution < -0.4 is 10.1 Å². The molecule has 0 amide bonds. The van der Waals surface area contributed by atoms with Crippen LogP contribution in [0.15, 0.2) is 30.6 Å². The Balaban J connectivity index is 2.28. The third kappa shape index (κ3) is 3.64. The van der Waals surface area contributed by atoms with Crippen LogP contribution >= 0.6 is 0 Å². The quantitative estimate of drug-likeness (QED) is 0.849. The summed E-state index contributed by atoms with van der Waals surface area (Å²) in [5.74, 6) is 0.959. The van der Waals surface area contributed by atoms with E-state index in [9.17, 15) is 0 Å². The highest BCUT2D eigenvalue weighted by atomic mass is 16.5. The normalized spacial score (nSPS) is 12.4. The molecule has 4 heteroatoms. The van der Waals surface area contributed by atoms with Crippen molar-refractivity contribution in [2.24, 2.45) is 0 Å². The smallest absolute Gasteiger partial charge is 0.124 e. The van der Waals surface area contributed by atoms with Gasteiger partial charge in [0, 0.05) is 17.8 Å². The molecule has 0 bridgehead atoms. The molecule has 0 aliphatic rings. The second-order valence-electron chi connectivity index (χ2n) is 5.15. The second kappa shape index (κ2) is 7.27. The molecule has 1 unspecified atom stereocenters. The van der Waals surface area contributed by atoms with Crippen molar-refractivity contribution in [2.75, 3.05) is 13.2 Å². The van der Waals surface area contributed by atoms with E-state index in [2.05, 4.69) is 40.8 Å². The number of imidazole rings is 1. The molecule has 0 aliphatic heterocycles. The van der Waals surface area contributed by atoms with E-state index in [4.69, 9.17) is 4.74 Å². The lowest BCUT2D eigenvalue weighted by Gasteiger charge is -2.22. The Kier molecular flexibility index (Phi) is 5.39. The third-order valence-electron chi connectivity index (χ3n) is 3.77. The average Bonchev–Trinajstić information content (AvgIpc) is 2.80. The van der Waals surface area contributed by atoms with Crippen LogP contribution in [-0.4, -0.2) is 22.7 Å². The number of ether oxygens (including phenoxy) is 1. The van der Waals surface area contributed by atoms with Crippen LogP contribution in [0.25, 0.3) is 0 Å². The Labute approximate surface area is 127 Å². The molecule has 4 nitrogen and oxygen atoms in total. The minimum absolute atomic E-state index is 0.213. The second-order valence-corrected chi connectivity index (χ2v) is 5.15. The zero-order valence-electron chi connectivity index (χ0n) is 13.4. The van der Waals surface area contributed by atoms with Crippen molar-refractivity contribution in [3.05, 3.63) is 47.5 Å². The Morgan fingerprint density at radius 1 is 1.24 bits per heavy atom. The third-order valence-corrected chi connectivity index (χ3v) is 3.77. The van der Waals surface area contributed by atoms with Crippen molar-refractivity contribution in [3.8, 4) is 5.75 Å². The van der Waals surface area contributed by atoms with Gasteiger partial charge in [0.1, 0.15) is 5.75 Å². The summed E-state index contributed by atoms with van der Waals surface area (Å²) in [4.78, 5) is 4.39. The predicted octanol–water partition coefficient (Wildman–Crippen LogP) is 3.25. The number of aryl methyl sites for hydroxylation is 1. The highest BCUT2D eigenvalue weighted by Crippen LogP contribution is 2.26. The van der Waals surface area contributed by atoms with Crippen LogP contribution in [0.3, 0.4) is 0 Å². The molecule has 21 heavy (non-hydrogen) atoms. The number of rotatable bonds is 7. The molecule has 2 rings (SSSR count). The van der Waals surface area contributed by atoms with Crippen LogP contribution in [0.4, 0.5) is 0 Å². The average molecular weight is 287 g/mol. The van der Waals surface area contributed by atoms with Crippen molar-refractivity contribution in [1.29, 1.82) is 0 Å². The van der Waals surface area contributed by atoms with Gasteiger partial charge in [-0.3, -0.25) is 0 Å². The predicted molar refractivity (Wildman–Crippen MR) is 85.7 cm³/mol. The molecular formula is C17H25N3O. The van der Waals surface area contributed by atoms with E-state index < -0.39 is 0 Å². The van der Waals surface area contributed by atoms with E-state index in [1.807, 2.05) is 32.3 Å². The summed E-state index contributed by atoms with van der Waals surface area (Å²) in [5, 5.41) is 3.55. The van der Waals surface area contributed by atoms with Gasteiger partial charge >= 0.3 is 0 Å². The first-order chi connectivity index (χ1) is 10.2.